The second-order valence-electron chi connectivity index (χ2n) is 6.95. The normalized spacial score (nSPS) is 10.5. The molecule has 0 aliphatic rings. The first-order chi connectivity index (χ1) is 15.2. The zero-order valence-corrected chi connectivity index (χ0v) is 19.7. The van der Waals surface area contributed by atoms with Crippen LogP contribution in [0, 0.1) is 0 Å². The van der Waals surface area contributed by atoms with Gasteiger partial charge in [0, 0.05) is 17.5 Å². The maximum atomic E-state index is 10.7. The Hall–Kier alpha value is -3.31. The minimum atomic E-state index is -1.98. The average molecular weight is 512 g/mol. The topological polar surface area (TPSA) is 50.4 Å². The van der Waals surface area contributed by atoms with Crippen molar-refractivity contribution in [3.05, 3.63) is 132 Å². The van der Waals surface area contributed by atoms with Gasteiger partial charge in [0.25, 0.3) is 0 Å². The van der Waals surface area contributed by atoms with Crippen LogP contribution in [0.3, 0.4) is 0 Å². The molecule has 1 heterocycles. The molecule has 0 unspecified atom stereocenters. The third-order valence-corrected chi connectivity index (χ3v) is 12.6. The van der Waals surface area contributed by atoms with E-state index in [0.29, 0.717) is 5.58 Å². The molecule has 0 saturated heterocycles. The van der Waals surface area contributed by atoms with Gasteiger partial charge < -0.3 is 9.52 Å². The summed E-state index contributed by atoms with van der Waals surface area (Å²) in [5.74, 6) is 0.0943. The number of aromatic hydroxyl groups is 1. The van der Waals surface area contributed by atoms with Crippen LogP contribution >= 0.6 is 0 Å². The van der Waals surface area contributed by atoms with E-state index in [1.165, 1.54) is 22.9 Å². The first-order valence-electron chi connectivity index (χ1n) is 9.97. The summed E-state index contributed by atoms with van der Waals surface area (Å²) in [5.41, 5.74) is -0.00407. The Labute approximate surface area is 188 Å². The fourth-order valence-corrected chi connectivity index (χ4v) is 10.7. The predicted molar refractivity (Wildman–Crippen MR) is 128 cm³/mol. The number of hydrogen-bond donors (Lipinski definition) is 1. The first-order valence-corrected chi connectivity index (χ1v) is 14.2. The van der Waals surface area contributed by atoms with Crippen LogP contribution < -0.4 is 16.4 Å². The van der Waals surface area contributed by atoms with Crippen molar-refractivity contribution in [1.29, 1.82) is 0 Å². The van der Waals surface area contributed by atoms with Crippen molar-refractivity contribution in [2.24, 2.45) is 0 Å². The third-order valence-electron chi connectivity index (χ3n) is 4.79. The molecule has 4 aromatic carbocycles. The van der Waals surface area contributed by atoms with Crippen LogP contribution in [0.5, 0.6) is 5.75 Å². The number of phenols is 1. The van der Waals surface area contributed by atoms with Crippen molar-refractivity contribution >= 4 is 41.5 Å². The van der Waals surface area contributed by atoms with Crippen molar-refractivity contribution in [2.45, 2.75) is 0 Å². The van der Waals surface area contributed by atoms with Gasteiger partial charge in [0.1, 0.15) is 11.3 Å². The van der Waals surface area contributed by atoms with Gasteiger partial charge in [-0.3, -0.25) is 0 Å². The third kappa shape index (κ3) is 5.44. The quantitative estimate of drug-likeness (QED) is 0.297. The molecule has 0 fully saturated rings. The molecule has 0 spiro atoms. The molecule has 31 heavy (non-hydrogen) atoms. The van der Waals surface area contributed by atoms with Gasteiger partial charge in [-0.05, 0) is 18.2 Å². The molecular weight excluding hydrogens is 491 g/mol. The Morgan fingerprint density at radius 2 is 1.03 bits per heavy atom. The summed E-state index contributed by atoms with van der Waals surface area (Å²) >= 11 is -1.98. The van der Waals surface area contributed by atoms with E-state index in [1.54, 1.807) is 18.2 Å². The molecule has 1 radical (unpaired) electrons. The predicted octanol–water partition coefficient (Wildman–Crippen LogP) is 3.70. The Kier molecular flexibility index (Phi) is 6.85. The van der Waals surface area contributed by atoms with Gasteiger partial charge in [-0.2, -0.15) is 0 Å². The van der Waals surface area contributed by atoms with Gasteiger partial charge in [-0.1, -0.05) is 0 Å². The molecule has 1 N–H and O–H groups in total. The summed E-state index contributed by atoms with van der Waals surface area (Å²) in [6.45, 7) is 0. The van der Waals surface area contributed by atoms with Crippen LogP contribution in [0.2, 0.25) is 0 Å². The summed E-state index contributed by atoms with van der Waals surface area (Å²) in [6.07, 6.45) is 0. The molecule has 0 bridgehead atoms. The molecule has 3 nitrogen and oxygen atoms in total. The first kappa shape index (κ1) is 20.9. The van der Waals surface area contributed by atoms with Crippen molar-refractivity contribution in [3.63, 3.8) is 0 Å². The number of phenolic OH excluding ortho intramolecular Hbond substituents is 1. The number of fused-ring (bicyclic) bond motifs is 1. The molecule has 0 saturated carbocycles. The van der Waals surface area contributed by atoms with Crippen LogP contribution in [-0.2, 0) is 0 Å². The van der Waals surface area contributed by atoms with Crippen molar-refractivity contribution < 1.29 is 9.52 Å². The molecular formula is C27H21O3Sn. The Bertz CT molecular complexity index is 1210. The second kappa shape index (κ2) is 10.1. The average Bonchev–Trinajstić information content (AvgIpc) is 2.81. The van der Waals surface area contributed by atoms with E-state index < -0.39 is 25.4 Å². The number of rotatable bonds is 3. The zero-order chi connectivity index (χ0) is 21.5. The standard InChI is InChI=1S/C9H6O3.3C6H5.Sn/c10-7-3-1-6-2-4-9(11)12-8(6)5-7;3*1-2-4-6-5-3-1;/h1-5,10H;3*1-5H;. The van der Waals surface area contributed by atoms with E-state index in [-0.39, 0.29) is 5.75 Å². The van der Waals surface area contributed by atoms with E-state index in [0.717, 1.165) is 5.39 Å². The molecule has 4 heteroatoms. The van der Waals surface area contributed by atoms with E-state index in [9.17, 15) is 4.79 Å². The van der Waals surface area contributed by atoms with Gasteiger partial charge in [-0.25, -0.2) is 4.79 Å². The van der Waals surface area contributed by atoms with Gasteiger partial charge in [0.05, 0.1) is 0 Å². The SMILES string of the molecule is O=c1ccc2ccc(O)cc2o1.c1cc[c]([Sn]([c]2ccccc2)[c]2ccccc2)cc1. The molecule has 0 aliphatic carbocycles. The Morgan fingerprint density at radius 3 is 1.52 bits per heavy atom. The summed E-state index contributed by atoms with van der Waals surface area (Å²) < 4.78 is 9.42. The fourth-order valence-electron chi connectivity index (χ4n) is 3.36. The summed E-state index contributed by atoms with van der Waals surface area (Å²) in [5, 5.41) is 9.86. The minimum absolute atomic E-state index is 0.0943. The Morgan fingerprint density at radius 1 is 0.581 bits per heavy atom. The van der Waals surface area contributed by atoms with Crippen LogP contribution in [0.15, 0.2) is 131 Å². The van der Waals surface area contributed by atoms with Crippen LogP contribution in [0.25, 0.3) is 11.0 Å². The molecule has 5 rings (SSSR count). The second-order valence-corrected chi connectivity index (χ2v) is 14.0. The summed E-state index contributed by atoms with van der Waals surface area (Å²) in [4.78, 5) is 10.7. The fraction of sp³-hybridized carbons (Fsp3) is 0. The molecule has 0 atom stereocenters. The van der Waals surface area contributed by atoms with E-state index in [2.05, 4.69) is 91.0 Å². The van der Waals surface area contributed by atoms with Crippen molar-refractivity contribution in [1.82, 2.24) is 0 Å². The Balaban J connectivity index is 0.000000166. The van der Waals surface area contributed by atoms with Gasteiger partial charge in [0.15, 0.2) is 0 Å². The molecule has 1 aromatic heterocycles. The van der Waals surface area contributed by atoms with Crippen molar-refractivity contribution in [3.8, 4) is 5.75 Å². The van der Waals surface area contributed by atoms with Crippen LogP contribution in [-0.4, -0.2) is 24.9 Å². The van der Waals surface area contributed by atoms with Gasteiger partial charge in [0.2, 0.25) is 0 Å². The number of benzene rings is 4. The van der Waals surface area contributed by atoms with E-state index in [1.807, 2.05) is 0 Å². The van der Waals surface area contributed by atoms with Crippen LogP contribution in [0.4, 0.5) is 0 Å². The maximum absolute atomic E-state index is 10.7. The van der Waals surface area contributed by atoms with Crippen LogP contribution in [0.1, 0.15) is 0 Å². The van der Waals surface area contributed by atoms with E-state index in [4.69, 9.17) is 9.52 Å². The van der Waals surface area contributed by atoms with Gasteiger partial charge >= 0.3 is 127 Å². The summed E-state index contributed by atoms with van der Waals surface area (Å²) in [6, 6.07) is 40.6. The van der Waals surface area contributed by atoms with E-state index >= 15 is 0 Å². The molecule has 0 amide bonds. The molecule has 151 valence electrons. The zero-order valence-electron chi connectivity index (χ0n) is 16.8. The van der Waals surface area contributed by atoms with Gasteiger partial charge in [-0.15, -0.1) is 0 Å². The van der Waals surface area contributed by atoms with Crippen molar-refractivity contribution in [2.75, 3.05) is 0 Å². The molecule has 5 aromatic rings. The monoisotopic (exact) mass is 513 g/mol. The molecule has 0 aliphatic heterocycles. The summed E-state index contributed by atoms with van der Waals surface area (Å²) in [7, 11) is 0. The number of hydrogen-bond acceptors (Lipinski definition) is 3.